The number of rotatable bonds is 0. The molecule has 0 saturated carbocycles. The van der Waals surface area contributed by atoms with E-state index in [1.807, 2.05) is 13.8 Å². The lowest BCUT2D eigenvalue weighted by atomic mass is 9.97. The predicted molar refractivity (Wildman–Crippen MR) is 173 cm³/mol. The van der Waals surface area contributed by atoms with Crippen molar-refractivity contribution in [1.29, 1.82) is 0 Å². The molecule has 4 atom stereocenters. The summed E-state index contributed by atoms with van der Waals surface area (Å²) in [7, 11) is 0. The maximum absolute atomic E-state index is 12.4. The zero-order valence-electron chi connectivity index (χ0n) is 27.2. The Morgan fingerprint density at radius 1 is 0.522 bits per heavy atom. The van der Waals surface area contributed by atoms with Crippen LogP contribution in [-0.2, 0) is 22.3 Å². The summed E-state index contributed by atoms with van der Waals surface area (Å²) < 4.78 is 10.8. The van der Waals surface area contributed by atoms with Gasteiger partial charge < -0.3 is 40.1 Å². The molecule has 0 saturated heterocycles. The Hall–Kier alpha value is -3.50. The zero-order chi connectivity index (χ0) is 33.6. The molecule has 2 aliphatic rings. The monoisotopic (exact) mass is 644 g/mol. The fourth-order valence-electron chi connectivity index (χ4n) is 6.12. The van der Waals surface area contributed by atoms with Gasteiger partial charge >= 0.3 is 11.9 Å². The SMILES string of the molecule is C[C@H]1CCC[C@H](O)CCCCCc2cc(O)cc(O)c2C(=O)O1.C[C@H]1CCC[C@H](O)CCCCCc2cc(O)cc(O)c2C(=O)O1. The number of esters is 2. The van der Waals surface area contributed by atoms with Crippen molar-refractivity contribution >= 4 is 11.9 Å². The number of hydrogen-bond acceptors (Lipinski definition) is 10. The minimum Gasteiger partial charge on any atom is -0.508 e. The van der Waals surface area contributed by atoms with Crippen molar-refractivity contribution in [1.82, 2.24) is 0 Å². The van der Waals surface area contributed by atoms with Gasteiger partial charge in [0, 0.05) is 12.1 Å². The highest BCUT2D eigenvalue weighted by molar-refractivity contribution is 5.95. The Morgan fingerprint density at radius 2 is 0.891 bits per heavy atom. The Morgan fingerprint density at radius 3 is 1.28 bits per heavy atom. The summed E-state index contributed by atoms with van der Waals surface area (Å²) in [5.41, 5.74) is 1.54. The van der Waals surface area contributed by atoms with Crippen LogP contribution in [0, 0.1) is 0 Å². The number of fused-ring (bicyclic) bond motifs is 2. The fraction of sp³-hybridized carbons (Fsp3) is 0.611. The molecule has 0 fully saturated rings. The summed E-state index contributed by atoms with van der Waals surface area (Å²) in [6.45, 7) is 3.63. The van der Waals surface area contributed by atoms with E-state index in [1.54, 1.807) is 0 Å². The molecule has 4 rings (SSSR count). The Labute approximate surface area is 272 Å². The number of cyclic esters (lactones) is 2. The van der Waals surface area contributed by atoms with Crippen LogP contribution in [0.25, 0.3) is 0 Å². The van der Waals surface area contributed by atoms with Gasteiger partial charge in [0.05, 0.1) is 24.4 Å². The molecule has 2 heterocycles. The van der Waals surface area contributed by atoms with Gasteiger partial charge in [0.25, 0.3) is 0 Å². The van der Waals surface area contributed by atoms with Gasteiger partial charge in [0.15, 0.2) is 0 Å². The average Bonchev–Trinajstić information content (AvgIpc) is 2.95. The van der Waals surface area contributed by atoms with Crippen molar-refractivity contribution in [2.24, 2.45) is 0 Å². The van der Waals surface area contributed by atoms with E-state index in [0.29, 0.717) is 36.8 Å². The van der Waals surface area contributed by atoms with E-state index in [2.05, 4.69) is 0 Å². The van der Waals surface area contributed by atoms with Gasteiger partial charge in [-0.2, -0.15) is 0 Å². The van der Waals surface area contributed by atoms with Crippen molar-refractivity contribution in [3.8, 4) is 23.0 Å². The Kier molecular flexibility index (Phi) is 14.9. The summed E-state index contributed by atoms with van der Waals surface area (Å²) in [6, 6.07) is 5.37. The first kappa shape index (κ1) is 37.0. The summed E-state index contributed by atoms with van der Waals surface area (Å²) in [5.74, 6) is -1.69. The first-order valence-corrected chi connectivity index (χ1v) is 16.8. The third-order valence-corrected chi connectivity index (χ3v) is 8.66. The van der Waals surface area contributed by atoms with Gasteiger partial charge in [-0.25, -0.2) is 9.59 Å². The summed E-state index contributed by atoms with van der Waals surface area (Å²) in [4.78, 5) is 24.7. The molecule has 256 valence electrons. The van der Waals surface area contributed by atoms with Crippen molar-refractivity contribution in [2.75, 3.05) is 0 Å². The third-order valence-electron chi connectivity index (χ3n) is 8.66. The summed E-state index contributed by atoms with van der Waals surface area (Å²) in [6.07, 6.45) is 11.3. The molecule has 0 radical (unpaired) electrons. The maximum Gasteiger partial charge on any atom is 0.342 e. The molecular weight excluding hydrogens is 592 g/mol. The lowest BCUT2D eigenvalue weighted by Gasteiger charge is -2.18. The lowest BCUT2D eigenvalue weighted by Crippen LogP contribution is -2.18. The normalized spacial score (nSPS) is 24.3. The van der Waals surface area contributed by atoms with E-state index < -0.39 is 11.9 Å². The fourth-order valence-corrected chi connectivity index (χ4v) is 6.12. The molecule has 10 nitrogen and oxygen atoms in total. The van der Waals surface area contributed by atoms with Gasteiger partial charge in [0.2, 0.25) is 0 Å². The van der Waals surface area contributed by atoms with Gasteiger partial charge in [-0.3, -0.25) is 0 Å². The second kappa shape index (κ2) is 18.6. The van der Waals surface area contributed by atoms with Crippen LogP contribution in [0.5, 0.6) is 23.0 Å². The molecule has 6 N–H and O–H groups in total. The number of benzene rings is 2. The second-order valence-corrected chi connectivity index (χ2v) is 12.8. The van der Waals surface area contributed by atoms with Crippen LogP contribution >= 0.6 is 0 Å². The molecule has 0 unspecified atom stereocenters. The largest absolute Gasteiger partial charge is 0.508 e. The van der Waals surface area contributed by atoms with E-state index in [-0.39, 0.29) is 58.5 Å². The van der Waals surface area contributed by atoms with Crippen molar-refractivity contribution < 1.29 is 49.7 Å². The zero-order valence-corrected chi connectivity index (χ0v) is 27.2. The number of aryl methyl sites for hydroxylation is 2. The molecule has 2 aromatic carbocycles. The number of aromatic hydroxyl groups is 4. The number of carbonyl (C=O) groups excluding carboxylic acids is 2. The standard InChI is InChI=1S/2C18H26O5/c2*1-12-6-5-9-14(19)8-4-2-3-7-13-10-15(20)11-16(21)17(13)18(22)23-12/h2*10-12,14,19-21H,2-9H2,1H3/t2*12-,14+/m00/s1. The molecule has 2 aromatic rings. The van der Waals surface area contributed by atoms with Crippen LogP contribution < -0.4 is 0 Å². The van der Waals surface area contributed by atoms with Crippen LogP contribution in [0.2, 0.25) is 0 Å². The smallest absolute Gasteiger partial charge is 0.342 e. The highest BCUT2D eigenvalue weighted by atomic mass is 16.5. The first-order chi connectivity index (χ1) is 21.9. The van der Waals surface area contributed by atoms with Crippen molar-refractivity contribution in [3.63, 3.8) is 0 Å². The molecule has 10 heteroatoms. The van der Waals surface area contributed by atoms with Gasteiger partial charge in [-0.05, 0) is 114 Å². The van der Waals surface area contributed by atoms with Gasteiger partial charge in [-0.15, -0.1) is 0 Å². The third kappa shape index (κ3) is 12.0. The van der Waals surface area contributed by atoms with E-state index in [4.69, 9.17) is 9.47 Å². The first-order valence-electron chi connectivity index (χ1n) is 16.8. The van der Waals surface area contributed by atoms with E-state index in [9.17, 15) is 40.2 Å². The van der Waals surface area contributed by atoms with E-state index in [1.165, 1.54) is 24.3 Å². The van der Waals surface area contributed by atoms with Crippen LogP contribution in [0.15, 0.2) is 24.3 Å². The molecule has 0 bridgehead atoms. The number of carbonyl (C=O) groups is 2. The number of hydrogen-bond donors (Lipinski definition) is 6. The minimum absolute atomic E-state index is 0.0568. The summed E-state index contributed by atoms with van der Waals surface area (Å²) >= 11 is 0. The van der Waals surface area contributed by atoms with Crippen LogP contribution in [0.1, 0.15) is 136 Å². The molecular formula is C36H52O10. The van der Waals surface area contributed by atoms with Crippen LogP contribution in [0.4, 0.5) is 0 Å². The molecule has 0 amide bonds. The minimum atomic E-state index is -0.553. The molecule has 46 heavy (non-hydrogen) atoms. The number of ether oxygens (including phenoxy) is 2. The molecule has 0 aromatic heterocycles. The Bertz CT molecular complexity index is 1180. The molecule has 0 spiro atoms. The highest BCUT2D eigenvalue weighted by Gasteiger charge is 2.23. The highest BCUT2D eigenvalue weighted by Crippen LogP contribution is 2.31. The number of phenolic OH excluding ortho intramolecular Hbond substituents is 4. The average molecular weight is 645 g/mol. The number of phenols is 4. The van der Waals surface area contributed by atoms with E-state index in [0.717, 1.165) is 77.0 Å². The maximum atomic E-state index is 12.4. The van der Waals surface area contributed by atoms with E-state index >= 15 is 0 Å². The second-order valence-electron chi connectivity index (χ2n) is 12.8. The number of aliphatic hydroxyl groups is 2. The van der Waals surface area contributed by atoms with Crippen LogP contribution in [0.3, 0.4) is 0 Å². The van der Waals surface area contributed by atoms with Gasteiger partial charge in [-0.1, -0.05) is 25.7 Å². The Balaban J connectivity index is 0.000000250. The predicted octanol–water partition coefficient (Wildman–Crippen LogP) is 6.58. The van der Waals surface area contributed by atoms with Gasteiger partial charge in [0.1, 0.15) is 34.1 Å². The van der Waals surface area contributed by atoms with Crippen molar-refractivity contribution in [3.05, 3.63) is 46.5 Å². The van der Waals surface area contributed by atoms with Crippen molar-refractivity contribution in [2.45, 2.75) is 141 Å². The van der Waals surface area contributed by atoms with Crippen LogP contribution in [-0.4, -0.2) is 67.0 Å². The number of aliphatic hydroxyl groups excluding tert-OH is 2. The molecule has 0 aliphatic carbocycles. The molecule has 2 aliphatic heterocycles. The topological polar surface area (TPSA) is 174 Å². The lowest BCUT2D eigenvalue weighted by molar-refractivity contribution is 0.0293. The summed E-state index contributed by atoms with van der Waals surface area (Å²) in [5, 5.41) is 59.2. The quantitative estimate of drug-likeness (QED) is 0.172.